The average molecular weight is 636 g/mol. The van der Waals surface area contributed by atoms with Crippen LogP contribution >= 0.6 is 34.4 Å². The van der Waals surface area contributed by atoms with Crippen molar-refractivity contribution >= 4 is 45.8 Å². The fourth-order valence-electron chi connectivity index (χ4n) is 6.04. The molecule has 4 aromatic rings. The Hall–Kier alpha value is -2.89. The van der Waals surface area contributed by atoms with Gasteiger partial charge in [-0.25, -0.2) is 0 Å². The first kappa shape index (κ1) is 32.5. The SMILES string of the molecule is C#Cc1ccc(-c2ccc3c(c2)Sc2cc(-c4ccc(C#C)s4)ccc2N3CCCCCCCCCCCCCCCC)s1. The second-order valence-electron chi connectivity index (χ2n) is 11.8. The van der Waals surface area contributed by atoms with E-state index in [0.29, 0.717) is 0 Å². The Kier molecular flexibility index (Phi) is 12.5. The van der Waals surface area contributed by atoms with E-state index in [9.17, 15) is 0 Å². The molecular formula is C40H45NS3. The number of terminal acetylenes is 2. The second-order valence-corrected chi connectivity index (χ2v) is 15.1. The van der Waals surface area contributed by atoms with Crippen LogP contribution in [0.4, 0.5) is 11.4 Å². The molecule has 1 aliphatic rings. The van der Waals surface area contributed by atoms with Crippen LogP contribution in [0.1, 0.15) is 107 Å². The molecule has 2 aromatic carbocycles. The molecule has 0 radical (unpaired) electrons. The molecule has 1 nitrogen and oxygen atoms in total. The Balaban J connectivity index is 1.19. The highest BCUT2D eigenvalue weighted by Crippen LogP contribution is 2.51. The lowest BCUT2D eigenvalue weighted by molar-refractivity contribution is 0.536. The maximum Gasteiger partial charge on any atom is 0.0772 e. The molecule has 44 heavy (non-hydrogen) atoms. The molecule has 2 aromatic heterocycles. The highest BCUT2D eigenvalue weighted by molar-refractivity contribution is 7.99. The molecule has 1 aliphatic heterocycles. The van der Waals surface area contributed by atoms with E-state index in [-0.39, 0.29) is 0 Å². The number of hydrogen-bond acceptors (Lipinski definition) is 4. The summed E-state index contributed by atoms with van der Waals surface area (Å²) in [4.78, 5) is 9.56. The van der Waals surface area contributed by atoms with Crippen molar-refractivity contribution in [3.63, 3.8) is 0 Å². The number of rotatable bonds is 17. The number of hydrogen-bond donors (Lipinski definition) is 0. The van der Waals surface area contributed by atoms with Gasteiger partial charge in [-0.3, -0.25) is 0 Å². The molecule has 0 aliphatic carbocycles. The molecule has 0 atom stereocenters. The first-order chi connectivity index (χ1) is 21.7. The summed E-state index contributed by atoms with van der Waals surface area (Å²) in [5.74, 6) is 5.56. The van der Waals surface area contributed by atoms with Gasteiger partial charge in [0.05, 0.1) is 21.1 Å². The van der Waals surface area contributed by atoms with Crippen LogP contribution in [0.5, 0.6) is 0 Å². The lowest BCUT2D eigenvalue weighted by Crippen LogP contribution is -2.22. The van der Waals surface area contributed by atoms with Crippen LogP contribution in [-0.2, 0) is 0 Å². The summed E-state index contributed by atoms with van der Waals surface area (Å²) in [6.07, 6.45) is 30.6. The van der Waals surface area contributed by atoms with Crippen LogP contribution in [-0.4, -0.2) is 6.54 Å². The Morgan fingerprint density at radius 3 is 1.39 bits per heavy atom. The van der Waals surface area contributed by atoms with Gasteiger partial charge < -0.3 is 4.90 Å². The van der Waals surface area contributed by atoms with Crippen LogP contribution in [0.15, 0.2) is 70.5 Å². The van der Waals surface area contributed by atoms with Gasteiger partial charge in [0.1, 0.15) is 0 Å². The van der Waals surface area contributed by atoms with E-state index in [1.54, 1.807) is 22.7 Å². The molecule has 0 N–H and O–H groups in total. The highest BCUT2D eigenvalue weighted by Gasteiger charge is 2.24. The van der Waals surface area contributed by atoms with Crippen molar-refractivity contribution in [2.45, 2.75) is 107 Å². The van der Waals surface area contributed by atoms with Crippen molar-refractivity contribution in [2.75, 3.05) is 11.4 Å². The normalized spacial score (nSPS) is 12.0. The van der Waals surface area contributed by atoms with Gasteiger partial charge in [-0.2, -0.15) is 0 Å². The number of unbranched alkanes of at least 4 members (excludes halogenated alkanes) is 13. The first-order valence-electron chi connectivity index (χ1n) is 16.6. The molecule has 0 saturated carbocycles. The lowest BCUT2D eigenvalue weighted by atomic mass is 10.0. The molecule has 0 saturated heterocycles. The number of benzene rings is 2. The van der Waals surface area contributed by atoms with Crippen molar-refractivity contribution in [3.8, 4) is 45.6 Å². The summed E-state index contributed by atoms with van der Waals surface area (Å²) in [5, 5.41) is 0. The van der Waals surface area contributed by atoms with Crippen molar-refractivity contribution < 1.29 is 0 Å². The largest absolute Gasteiger partial charge is 0.340 e. The van der Waals surface area contributed by atoms with E-state index in [1.165, 1.54) is 132 Å². The van der Waals surface area contributed by atoms with Crippen LogP contribution < -0.4 is 4.90 Å². The minimum Gasteiger partial charge on any atom is -0.340 e. The van der Waals surface area contributed by atoms with E-state index in [1.807, 2.05) is 23.9 Å². The van der Waals surface area contributed by atoms with Crippen molar-refractivity contribution in [1.82, 2.24) is 0 Å². The minimum atomic E-state index is 0.974. The summed E-state index contributed by atoms with van der Waals surface area (Å²) in [6.45, 7) is 3.33. The standard InChI is InChI=1S/C40H45NS3/c1-4-7-8-9-10-11-12-13-14-15-16-17-18-19-28-41-35-24-20-31(37-26-22-33(5-2)42-37)29-39(35)44-40-30-32(21-25-36(40)41)38-27-23-34(6-3)43-38/h2-3,20-27,29-30H,4,7-19,28H2,1H3. The Bertz CT molecular complexity index is 1470. The third kappa shape index (κ3) is 8.63. The predicted molar refractivity (Wildman–Crippen MR) is 197 cm³/mol. The summed E-state index contributed by atoms with van der Waals surface area (Å²) >= 11 is 5.25. The molecule has 0 fully saturated rings. The van der Waals surface area contributed by atoms with Crippen molar-refractivity contribution in [2.24, 2.45) is 0 Å². The Morgan fingerprint density at radius 1 is 0.545 bits per heavy atom. The Labute approximate surface area is 278 Å². The summed E-state index contributed by atoms with van der Waals surface area (Å²) in [7, 11) is 0. The quantitative estimate of drug-likeness (QED) is 0.0839. The second kappa shape index (κ2) is 17.0. The average Bonchev–Trinajstić information content (AvgIpc) is 3.74. The molecule has 0 bridgehead atoms. The van der Waals surface area contributed by atoms with Gasteiger partial charge in [-0.05, 0) is 66.1 Å². The molecule has 3 heterocycles. The van der Waals surface area contributed by atoms with Crippen LogP contribution in [0, 0.1) is 24.7 Å². The van der Waals surface area contributed by atoms with Gasteiger partial charge in [0, 0.05) is 26.1 Å². The number of anilines is 2. The Morgan fingerprint density at radius 2 is 0.977 bits per heavy atom. The third-order valence-electron chi connectivity index (χ3n) is 8.52. The smallest absolute Gasteiger partial charge is 0.0772 e. The van der Waals surface area contributed by atoms with Crippen molar-refractivity contribution in [1.29, 1.82) is 0 Å². The zero-order valence-electron chi connectivity index (χ0n) is 26.2. The minimum absolute atomic E-state index is 0.974. The molecule has 228 valence electrons. The molecule has 0 unspecified atom stereocenters. The summed E-state index contributed by atoms with van der Waals surface area (Å²) in [6, 6.07) is 22.2. The van der Waals surface area contributed by atoms with Gasteiger partial charge in [-0.1, -0.05) is 126 Å². The number of thiophene rings is 2. The number of nitrogens with zero attached hydrogens (tertiary/aromatic N) is 1. The van der Waals surface area contributed by atoms with E-state index in [2.05, 4.69) is 72.2 Å². The maximum atomic E-state index is 5.66. The van der Waals surface area contributed by atoms with Gasteiger partial charge in [0.2, 0.25) is 0 Å². The van der Waals surface area contributed by atoms with E-state index in [4.69, 9.17) is 12.8 Å². The van der Waals surface area contributed by atoms with E-state index >= 15 is 0 Å². The highest BCUT2D eigenvalue weighted by atomic mass is 32.2. The van der Waals surface area contributed by atoms with Gasteiger partial charge in [0.15, 0.2) is 0 Å². The lowest BCUT2D eigenvalue weighted by Gasteiger charge is -2.33. The predicted octanol–water partition coefficient (Wildman–Crippen LogP) is 13.2. The molecular weight excluding hydrogens is 591 g/mol. The molecule has 5 rings (SSSR count). The zero-order chi connectivity index (χ0) is 30.6. The fourth-order valence-corrected chi connectivity index (χ4v) is 8.84. The molecule has 0 spiro atoms. The van der Waals surface area contributed by atoms with Gasteiger partial charge >= 0.3 is 0 Å². The topological polar surface area (TPSA) is 3.24 Å². The van der Waals surface area contributed by atoms with Gasteiger partial charge in [-0.15, -0.1) is 35.5 Å². The zero-order valence-corrected chi connectivity index (χ0v) is 28.7. The van der Waals surface area contributed by atoms with E-state index in [0.717, 1.165) is 16.3 Å². The monoisotopic (exact) mass is 635 g/mol. The summed E-state index contributed by atoms with van der Waals surface area (Å²) < 4.78 is 0. The fraction of sp³-hybridized carbons (Fsp3) is 0.400. The maximum absolute atomic E-state index is 5.66. The van der Waals surface area contributed by atoms with Crippen LogP contribution in [0.3, 0.4) is 0 Å². The first-order valence-corrected chi connectivity index (χ1v) is 19.0. The van der Waals surface area contributed by atoms with E-state index < -0.39 is 0 Å². The molecule has 0 amide bonds. The van der Waals surface area contributed by atoms with Crippen LogP contribution in [0.2, 0.25) is 0 Å². The van der Waals surface area contributed by atoms with Crippen LogP contribution in [0.25, 0.3) is 20.9 Å². The summed E-state index contributed by atoms with van der Waals surface area (Å²) in [5.41, 5.74) is 5.09. The number of fused-ring (bicyclic) bond motifs is 2. The third-order valence-corrected chi connectivity index (χ3v) is 11.7. The molecule has 4 heteroatoms. The van der Waals surface area contributed by atoms with Gasteiger partial charge in [0.25, 0.3) is 0 Å². The van der Waals surface area contributed by atoms with Crippen molar-refractivity contribution in [3.05, 3.63) is 70.4 Å².